The summed E-state index contributed by atoms with van der Waals surface area (Å²) in [6.45, 7) is 0. The van der Waals surface area contributed by atoms with Crippen molar-refractivity contribution in [3.05, 3.63) is 35.9 Å². The highest BCUT2D eigenvalue weighted by atomic mass is 19.4. The van der Waals surface area contributed by atoms with Crippen LogP contribution in [0.1, 0.15) is 37.7 Å². The van der Waals surface area contributed by atoms with Gasteiger partial charge >= 0.3 is 6.18 Å². The summed E-state index contributed by atoms with van der Waals surface area (Å²) in [7, 11) is 0. The first-order valence-electron chi connectivity index (χ1n) is 6.24. The van der Waals surface area contributed by atoms with E-state index in [9.17, 15) is 18.3 Å². The van der Waals surface area contributed by atoms with Gasteiger partial charge in [0.25, 0.3) is 0 Å². The van der Waals surface area contributed by atoms with Gasteiger partial charge in [0.1, 0.15) is 0 Å². The molecule has 0 radical (unpaired) electrons. The maximum absolute atomic E-state index is 12.1. The summed E-state index contributed by atoms with van der Waals surface area (Å²) in [6, 6.07) is 9.59. The highest BCUT2D eigenvalue weighted by Crippen LogP contribution is 2.52. The Kier molecular flexibility index (Phi) is 3.66. The molecule has 0 spiro atoms. The van der Waals surface area contributed by atoms with Crippen molar-refractivity contribution in [2.75, 3.05) is 0 Å². The Morgan fingerprint density at radius 2 is 1.78 bits per heavy atom. The molecule has 1 N–H and O–H groups in total. The molecule has 1 aliphatic rings. The zero-order chi connectivity index (χ0) is 13.2. The van der Waals surface area contributed by atoms with Crippen LogP contribution >= 0.6 is 0 Å². The number of alkyl halides is 3. The number of benzene rings is 1. The summed E-state index contributed by atoms with van der Waals surface area (Å²) in [5, 5.41) is 10.1. The Bertz CT molecular complexity index is 382. The lowest BCUT2D eigenvalue weighted by atomic mass is 9.87. The van der Waals surface area contributed by atoms with E-state index < -0.39 is 18.7 Å². The minimum absolute atomic E-state index is 0.000744. The molecule has 1 saturated carbocycles. The molecule has 1 aromatic rings. The van der Waals surface area contributed by atoms with Crippen molar-refractivity contribution in [3.8, 4) is 0 Å². The van der Waals surface area contributed by atoms with E-state index in [4.69, 9.17) is 0 Å². The summed E-state index contributed by atoms with van der Waals surface area (Å²) in [4.78, 5) is 0. The van der Waals surface area contributed by atoms with E-state index in [1.807, 2.05) is 30.3 Å². The van der Waals surface area contributed by atoms with Gasteiger partial charge in [-0.2, -0.15) is 13.2 Å². The second kappa shape index (κ2) is 4.92. The standard InChI is InChI=1S/C14H17F3O/c15-14(16,17)8-4-7-12(18)13(9-10-13)11-5-2-1-3-6-11/h1-3,5-6,12,18H,4,7-10H2. The fourth-order valence-electron chi connectivity index (χ4n) is 2.49. The number of halogens is 3. The molecular formula is C14H17F3O. The Balaban J connectivity index is 1.91. The molecule has 100 valence electrons. The first kappa shape index (κ1) is 13.4. The van der Waals surface area contributed by atoms with Crippen LogP contribution in [0, 0.1) is 0 Å². The average Bonchev–Trinajstić information content (AvgIpc) is 3.09. The van der Waals surface area contributed by atoms with Gasteiger partial charge < -0.3 is 5.11 Å². The van der Waals surface area contributed by atoms with E-state index in [0.29, 0.717) is 0 Å². The van der Waals surface area contributed by atoms with Crippen LogP contribution in [0.5, 0.6) is 0 Å². The van der Waals surface area contributed by atoms with Gasteiger partial charge in [-0.15, -0.1) is 0 Å². The third kappa shape index (κ3) is 3.05. The first-order chi connectivity index (χ1) is 8.44. The topological polar surface area (TPSA) is 20.2 Å². The number of rotatable bonds is 5. The summed E-state index contributed by atoms with van der Waals surface area (Å²) in [5.74, 6) is 0. The molecule has 0 aliphatic heterocycles. The normalized spacial score (nSPS) is 19.6. The van der Waals surface area contributed by atoms with E-state index in [1.54, 1.807) is 0 Å². The van der Waals surface area contributed by atoms with Gasteiger partial charge in [0, 0.05) is 11.8 Å². The molecule has 0 amide bonds. The van der Waals surface area contributed by atoms with Crippen LogP contribution in [-0.4, -0.2) is 17.4 Å². The number of aliphatic hydroxyl groups is 1. The van der Waals surface area contributed by atoms with E-state index in [1.165, 1.54) is 0 Å². The minimum Gasteiger partial charge on any atom is -0.392 e. The third-order valence-electron chi connectivity index (χ3n) is 3.71. The SMILES string of the molecule is OC(CCCC(F)(F)F)C1(c2ccccc2)CC1. The molecule has 1 unspecified atom stereocenters. The van der Waals surface area contributed by atoms with Crippen LogP contribution < -0.4 is 0 Å². The predicted molar refractivity (Wildman–Crippen MR) is 63.3 cm³/mol. The molecule has 1 nitrogen and oxygen atoms in total. The van der Waals surface area contributed by atoms with Crippen molar-refractivity contribution in [2.24, 2.45) is 0 Å². The minimum atomic E-state index is -4.12. The van der Waals surface area contributed by atoms with Crippen molar-refractivity contribution in [1.82, 2.24) is 0 Å². The summed E-state index contributed by atoms with van der Waals surface area (Å²) >= 11 is 0. The van der Waals surface area contributed by atoms with Crippen LogP contribution in [0.25, 0.3) is 0 Å². The predicted octanol–water partition coefficient (Wildman–Crippen LogP) is 3.81. The van der Waals surface area contributed by atoms with Gasteiger partial charge in [0.15, 0.2) is 0 Å². The molecule has 0 bridgehead atoms. The Morgan fingerprint density at radius 1 is 1.17 bits per heavy atom. The Labute approximate surface area is 105 Å². The van der Waals surface area contributed by atoms with E-state index in [-0.39, 0.29) is 18.3 Å². The maximum Gasteiger partial charge on any atom is 0.389 e. The Morgan fingerprint density at radius 3 is 2.28 bits per heavy atom. The molecule has 1 atom stereocenters. The van der Waals surface area contributed by atoms with Crippen LogP contribution in [0.15, 0.2) is 30.3 Å². The molecular weight excluding hydrogens is 241 g/mol. The van der Waals surface area contributed by atoms with E-state index in [2.05, 4.69) is 0 Å². The van der Waals surface area contributed by atoms with Crippen molar-refractivity contribution < 1.29 is 18.3 Å². The lowest BCUT2D eigenvalue weighted by Crippen LogP contribution is -2.26. The second-order valence-corrected chi connectivity index (χ2v) is 5.05. The van der Waals surface area contributed by atoms with Crippen molar-refractivity contribution in [3.63, 3.8) is 0 Å². The van der Waals surface area contributed by atoms with Gasteiger partial charge in [-0.1, -0.05) is 30.3 Å². The summed E-state index contributed by atoms with van der Waals surface area (Å²) in [6.07, 6.45) is -3.65. The molecule has 2 rings (SSSR count). The zero-order valence-electron chi connectivity index (χ0n) is 10.1. The molecule has 4 heteroatoms. The fourth-order valence-corrected chi connectivity index (χ4v) is 2.49. The number of hydrogen-bond acceptors (Lipinski definition) is 1. The molecule has 1 aliphatic carbocycles. The second-order valence-electron chi connectivity index (χ2n) is 5.05. The van der Waals surface area contributed by atoms with Crippen molar-refractivity contribution in [1.29, 1.82) is 0 Å². The number of aliphatic hydroxyl groups excluding tert-OH is 1. The van der Waals surface area contributed by atoms with Crippen LogP contribution in [0.3, 0.4) is 0 Å². The smallest absolute Gasteiger partial charge is 0.389 e. The zero-order valence-corrected chi connectivity index (χ0v) is 10.1. The molecule has 1 aromatic carbocycles. The molecule has 0 saturated heterocycles. The lowest BCUT2D eigenvalue weighted by molar-refractivity contribution is -0.136. The van der Waals surface area contributed by atoms with Crippen molar-refractivity contribution >= 4 is 0 Å². The van der Waals surface area contributed by atoms with Crippen molar-refractivity contribution in [2.45, 2.75) is 49.8 Å². The van der Waals surface area contributed by atoms with Crippen LogP contribution in [0.4, 0.5) is 13.2 Å². The number of hydrogen-bond donors (Lipinski definition) is 1. The quantitative estimate of drug-likeness (QED) is 0.851. The maximum atomic E-state index is 12.1. The highest BCUT2D eigenvalue weighted by Gasteiger charge is 2.49. The monoisotopic (exact) mass is 258 g/mol. The summed E-state index contributed by atoms with van der Waals surface area (Å²) in [5.41, 5.74) is 0.761. The largest absolute Gasteiger partial charge is 0.392 e. The molecule has 1 fully saturated rings. The third-order valence-corrected chi connectivity index (χ3v) is 3.71. The van der Waals surface area contributed by atoms with Crippen LogP contribution in [0.2, 0.25) is 0 Å². The molecule has 18 heavy (non-hydrogen) atoms. The first-order valence-corrected chi connectivity index (χ1v) is 6.24. The van der Waals surface area contributed by atoms with E-state index >= 15 is 0 Å². The summed E-state index contributed by atoms with van der Waals surface area (Å²) < 4.78 is 36.2. The molecule has 0 aromatic heterocycles. The highest BCUT2D eigenvalue weighted by molar-refractivity contribution is 5.32. The fraction of sp³-hybridized carbons (Fsp3) is 0.571. The van der Waals surface area contributed by atoms with Crippen LogP contribution in [-0.2, 0) is 5.41 Å². The lowest BCUT2D eigenvalue weighted by Gasteiger charge is -2.23. The van der Waals surface area contributed by atoms with Gasteiger partial charge in [0.2, 0.25) is 0 Å². The van der Waals surface area contributed by atoms with Gasteiger partial charge in [0.05, 0.1) is 6.10 Å². The van der Waals surface area contributed by atoms with E-state index in [0.717, 1.165) is 18.4 Å². The Hall–Kier alpha value is -1.03. The van der Waals surface area contributed by atoms with Gasteiger partial charge in [-0.3, -0.25) is 0 Å². The average molecular weight is 258 g/mol. The molecule has 0 heterocycles. The van der Waals surface area contributed by atoms with Gasteiger partial charge in [-0.25, -0.2) is 0 Å². The van der Waals surface area contributed by atoms with Gasteiger partial charge in [-0.05, 0) is 31.2 Å².